The number of ether oxygens (including phenoxy) is 4. The number of carbonyl (C=O) groups is 4. The topological polar surface area (TPSA) is 112 Å². The molecule has 2 unspecified atom stereocenters. The molecule has 0 N–H and O–H groups in total. The van der Waals surface area contributed by atoms with E-state index in [1.807, 2.05) is 27.7 Å². The lowest BCUT2D eigenvalue weighted by Crippen LogP contribution is -2.55. The van der Waals surface area contributed by atoms with Crippen LogP contribution in [0.15, 0.2) is 18.2 Å². The van der Waals surface area contributed by atoms with E-state index in [0.29, 0.717) is 25.0 Å². The molecule has 1 aromatic rings. The highest BCUT2D eigenvalue weighted by atomic mass is 19.1. The molecule has 3 amide bonds. The molecule has 0 radical (unpaired) electrons. The van der Waals surface area contributed by atoms with Gasteiger partial charge in [0.15, 0.2) is 6.73 Å². The summed E-state index contributed by atoms with van der Waals surface area (Å²) in [6, 6.07) is 2.98. The zero-order valence-electron chi connectivity index (χ0n) is 21.6. The van der Waals surface area contributed by atoms with E-state index in [4.69, 9.17) is 18.9 Å². The molecular formula is C26H33FN2O8. The van der Waals surface area contributed by atoms with Crippen molar-refractivity contribution in [1.29, 1.82) is 0 Å². The number of imide groups is 1. The normalized spacial score (nSPS) is 25.4. The summed E-state index contributed by atoms with van der Waals surface area (Å²) < 4.78 is 35.9. The lowest BCUT2D eigenvalue weighted by Gasteiger charge is -2.39. The molecule has 202 valence electrons. The minimum Gasteiger partial charge on any atom is -0.431 e. The quantitative estimate of drug-likeness (QED) is 0.430. The third kappa shape index (κ3) is 6.27. The van der Waals surface area contributed by atoms with Gasteiger partial charge in [-0.3, -0.25) is 14.4 Å². The second kappa shape index (κ2) is 10.4. The molecule has 3 aliphatic heterocycles. The number of nitrogens with zero attached hydrogens (tertiary/aromatic N) is 2. The number of fused-ring (bicyclic) bond motifs is 1. The number of piperidine rings is 1. The fourth-order valence-electron chi connectivity index (χ4n) is 4.94. The standard InChI is InChI=1S/C26H33FN2O8/c1-25(2)9-10-36-26(3,4)12-18(37-25)14-34-24(33)35-15-29-21(30)8-7-20(23(29)32)28-13-16-5-6-17(27)11-19(16)22(28)31/h5-6,11,18,20H,7-10,12-15H2,1-4H3. The Kier molecular flexibility index (Phi) is 7.57. The van der Waals surface area contributed by atoms with Gasteiger partial charge in [0, 0.05) is 24.9 Å². The van der Waals surface area contributed by atoms with Crippen molar-refractivity contribution >= 4 is 23.9 Å². The molecule has 3 heterocycles. The zero-order chi connectivity index (χ0) is 27.0. The second-order valence-electron chi connectivity index (χ2n) is 10.8. The number of amides is 3. The smallest absolute Gasteiger partial charge is 0.431 e. The zero-order valence-corrected chi connectivity index (χ0v) is 21.6. The van der Waals surface area contributed by atoms with Crippen LogP contribution < -0.4 is 0 Å². The number of carbonyl (C=O) groups excluding carboxylic acids is 4. The van der Waals surface area contributed by atoms with Crippen LogP contribution in [0.3, 0.4) is 0 Å². The number of rotatable bonds is 5. The van der Waals surface area contributed by atoms with Crippen molar-refractivity contribution < 1.29 is 42.5 Å². The van der Waals surface area contributed by atoms with Crippen LogP contribution >= 0.6 is 0 Å². The maximum atomic E-state index is 13.6. The summed E-state index contributed by atoms with van der Waals surface area (Å²) in [6.07, 6.45) is -0.197. The molecule has 0 aliphatic carbocycles. The number of hydrogen-bond acceptors (Lipinski definition) is 8. The second-order valence-corrected chi connectivity index (χ2v) is 10.8. The lowest BCUT2D eigenvalue weighted by atomic mass is 9.97. The van der Waals surface area contributed by atoms with Gasteiger partial charge in [-0.1, -0.05) is 6.07 Å². The third-order valence-electron chi connectivity index (χ3n) is 6.86. The van der Waals surface area contributed by atoms with Crippen LogP contribution in [0.25, 0.3) is 0 Å². The molecule has 4 rings (SSSR count). The van der Waals surface area contributed by atoms with Gasteiger partial charge < -0.3 is 23.8 Å². The molecule has 0 bridgehead atoms. The highest BCUT2D eigenvalue weighted by Gasteiger charge is 2.43. The lowest BCUT2D eigenvalue weighted by molar-refractivity contribution is -0.169. The van der Waals surface area contributed by atoms with Gasteiger partial charge in [0.2, 0.25) is 5.91 Å². The SMILES string of the molecule is CC1(C)CC(COC(=O)OCN2C(=O)CCC(N3Cc4ccc(F)cc4C3=O)C2=O)OC(C)(C)CCO1. The molecule has 3 aliphatic rings. The minimum atomic E-state index is -1.05. The Bertz CT molecular complexity index is 1070. The summed E-state index contributed by atoms with van der Waals surface area (Å²) in [6.45, 7) is 7.70. The summed E-state index contributed by atoms with van der Waals surface area (Å²) >= 11 is 0. The average Bonchev–Trinajstić information content (AvgIpc) is 3.11. The summed E-state index contributed by atoms with van der Waals surface area (Å²) in [7, 11) is 0. The van der Waals surface area contributed by atoms with E-state index < -0.39 is 59.8 Å². The third-order valence-corrected chi connectivity index (χ3v) is 6.86. The van der Waals surface area contributed by atoms with Gasteiger partial charge in [-0.25, -0.2) is 14.1 Å². The molecule has 1 aromatic carbocycles. The Morgan fingerprint density at radius 2 is 1.89 bits per heavy atom. The van der Waals surface area contributed by atoms with Crippen LogP contribution in [0.4, 0.5) is 9.18 Å². The fraction of sp³-hybridized carbons (Fsp3) is 0.615. The molecule has 0 saturated carbocycles. The minimum absolute atomic E-state index is 0.0105. The van der Waals surface area contributed by atoms with Crippen LogP contribution in [0, 0.1) is 5.82 Å². The van der Waals surface area contributed by atoms with Crippen molar-refractivity contribution in [3.05, 3.63) is 35.1 Å². The van der Waals surface area contributed by atoms with E-state index in [2.05, 4.69) is 0 Å². The number of benzene rings is 1. The molecule has 2 fully saturated rings. The van der Waals surface area contributed by atoms with Crippen molar-refractivity contribution in [2.24, 2.45) is 0 Å². The molecule has 11 heteroatoms. The van der Waals surface area contributed by atoms with Crippen LogP contribution in [0.1, 0.15) is 69.3 Å². The Morgan fingerprint density at radius 3 is 2.65 bits per heavy atom. The van der Waals surface area contributed by atoms with Crippen LogP contribution in [0.5, 0.6) is 0 Å². The molecular weight excluding hydrogens is 487 g/mol. The summed E-state index contributed by atoms with van der Waals surface area (Å²) in [5.41, 5.74) is -0.122. The van der Waals surface area contributed by atoms with Crippen LogP contribution in [0.2, 0.25) is 0 Å². The fourth-order valence-corrected chi connectivity index (χ4v) is 4.94. The van der Waals surface area contributed by atoms with Gasteiger partial charge in [-0.15, -0.1) is 0 Å². The van der Waals surface area contributed by atoms with E-state index in [-0.39, 0.29) is 31.6 Å². The highest BCUT2D eigenvalue weighted by Crippen LogP contribution is 2.30. The highest BCUT2D eigenvalue weighted by molar-refractivity contribution is 6.05. The van der Waals surface area contributed by atoms with Gasteiger partial charge in [-0.2, -0.15) is 0 Å². The van der Waals surface area contributed by atoms with Gasteiger partial charge in [0.05, 0.1) is 23.9 Å². The van der Waals surface area contributed by atoms with Gasteiger partial charge >= 0.3 is 6.16 Å². The molecule has 37 heavy (non-hydrogen) atoms. The number of likely N-dealkylation sites (tertiary alicyclic amines) is 1. The van der Waals surface area contributed by atoms with Crippen LogP contribution in [-0.4, -0.2) is 77.0 Å². The van der Waals surface area contributed by atoms with E-state index in [9.17, 15) is 23.6 Å². The summed E-state index contributed by atoms with van der Waals surface area (Å²) in [5.74, 6) is -2.20. The van der Waals surface area contributed by atoms with E-state index >= 15 is 0 Å². The molecule has 0 aromatic heterocycles. The largest absolute Gasteiger partial charge is 0.510 e. The molecule has 2 atom stereocenters. The summed E-state index contributed by atoms with van der Waals surface area (Å²) in [4.78, 5) is 52.7. The van der Waals surface area contributed by atoms with Crippen molar-refractivity contribution in [3.8, 4) is 0 Å². The number of halogens is 1. The van der Waals surface area contributed by atoms with Crippen LogP contribution in [-0.2, 0) is 35.1 Å². The van der Waals surface area contributed by atoms with Gasteiger partial charge in [-0.05, 0) is 58.2 Å². The first-order chi connectivity index (χ1) is 17.3. The monoisotopic (exact) mass is 520 g/mol. The van der Waals surface area contributed by atoms with Crippen molar-refractivity contribution in [2.45, 2.75) is 83.3 Å². The molecule has 2 saturated heterocycles. The predicted molar refractivity (Wildman–Crippen MR) is 127 cm³/mol. The summed E-state index contributed by atoms with van der Waals surface area (Å²) in [5, 5.41) is 0. The van der Waals surface area contributed by atoms with Gasteiger partial charge in [0.25, 0.3) is 11.8 Å². The Labute approximate surface area is 214 Å². The van der Waals surface area contributed by atoms with Crippen molar-refractivity contribution in [2.75, 3.05) is 19.9 Å². The van der Waals surface area contributed by atoms with E-state index in [0.717, 1.165) is 11.0 Å². The number of hydrogen-bond donors (Lipinski definition) is 0. The predicted octanol–water partition coefficient (Wildman–Crippen LogP) is 3.16. The first kappa shape index (κ1) is 27.0. The first-order valence-electron chi connectivity index (χ1n) is 12.4. The Balaban J connectivity index is 1.32. The van der Waals surface area contributed by atoms with Crippen molar-refractivity contribution in [1.82, 2.24) is 9.80 Å². The average molecular weight is 521 g/mol. The van der Waals surface area contributed by atoms with E-state index in [1.165, 1.54) is 17.0 Å². The van der Waals surface area contributed by atoms with E-state index in [1.54, 1.807) is 0 Å². The van der Waals surface area contributed by atoms with Crippen molar-refractivity contribution in [3.63, 3.8) is 0 Å². The Morgan fingerprint density at radius 1 is 1.14 bits per heavy atom. The van der Waals surface area contributed by atoms with Gasteiger partial charge in [0.1, 0.15) is 18.5 Å². The first-order valence-corrected chi connectivity index (χ1v) is 12.4. The maximum absolute atomic E-state index is 13.6. The Hall–Kier alpha value is -3.05. The maximum Gasteiger partial charge on any atom is 0.510 e. The molecule has 10 nitrogen and oxygen atoms in total. The molecule has 0 spiro atoms.